The molecule has 2 aromatic rings. The van der Waals surface area contributed by atoms with Gasteiger partial charge in [-0.25, -0.2) is 9.80 Å². The number of rotatable bonds is 6. The van der Waals surface area contributed by atoms with Crippen LogP contribution in [-0.2, 0) is 14.4 Å². The number of carbonyl (C=O) groups excluding carboxylic acids is 2. The molecular formula is C20H16BrClN2O6. The summed E-state index contributed by atoms with van der Waals surface area (Å²) in [6.07, 6.45) is 0.192. The number of para-hydroxylation sites is 1. The van der Waals surface area contributed by atoms with Crippen molar-refractivity contribution < 1.29 is 29.0 Å². The van der Waals surface area contributed by atoms with Crippen LogP contribution in [0.5, 0.6) is 11.5 Å². The molecule has 1 fully saturated rings. The lowest BCUT2D eigenvalue weighted by molar-refractivity contribution is -0.144. The Morgan fingerprint density at radius 1 is 1.30 bits per heavy atom. The van der Waals surface area contributed by atoms with Crippen LogP contribution in [0.3, 0.4) is 0 Å². The van der Waals surface area contributed by atoms with Gasteiger partial charge in [-0.05, 0) is 52.7 Å². The fraction of sp³-hybridized carbons (Fsp3) is 0.150. The van der Waals surface area contributed by atoms with Crippen molar-refractivity contribution >= 4 is 57.1 Å². The Morgan fingerprint density at radius 3 is 2.57 bits per heavy atom. The van der Waals surface area contributed by atoms with Crippen LogP contribution in [0.2, 0.25) is 5.02 Å². The van der Waals surface area contributed by atoms with Gasteiger partial charge < -0.3 is 14.6 Å². The molecule has 1 saturated heterocycles. The normalized spacial score (nSPS) is 15.9. The van der Waals surface area contributed by atoms with Crippen LogP contribution in [0.15, 0.2) is 46.4 Å². The average molecular weight is 496 g/mol. The van der Waals surface area contributed by atoms with Gasteiger partial charge in [-0.15, -0.1) is 0 Å². The number of ether oxygens (including phenoxy) is 2. The highest BCUT2D eigenvalue weighted by Crippen LogP contribution is 2.44. The number of hydrazine groups is 1. The van der Waals surface area contributed by atoms with Crippen LogP contribution >= 0.6 is 27.5 Å². The number of aliphatic carboxylic acids is 1. The molecule has 156 valence electrons. The first kappa shape index (κ1) is 21.7. The fourth-order valence-electron chi connectivity index (χ4n) is 2.67. The summed E-state index contributed by atoms with van der Waals surface area (Å²) in [4.78, 5) is 36.3. The number of carboxylic acid groups (broad SMARTS) is 1. The van der Waals surface area contributed by atoms with Crippen LogP contribution in [0.4, 0.5) is 5.69 Å². The smallest absolute Gasteiger partial charge is 0.344 e. The zero-order valence-corrected chi connectivity index (χ0v) is 18.2. The Kier molecular flexibility index (Phi) is 6.33. The minimum Gasteiger partial charge on any atom is -0.493 e. The molecule has 0 spiro atoms. The second-order valence-electron chi connectivity index (χ2n) is 6.20. The van der Waals surface area contributed by atoms with E-state index in [9.17, 15) is 14.4 Å². The Balaban J connectivity index is 2.01. The quantitative estimate of drug-likeness (QED) is 0.470. The van der Waals surface area contributed by atoms with Crippen molar-refractivity contribution in [1.82, 2.24) is 5.43 Å². The number of nitrogens with one attached hydrogen (secondary N) is 1. The van der Waals surface area contributed by atoms with E-state index in [1.807, 2.05) is 0 Å². The lowest BCUT2D eigenvalue weighted by atomic mass is 10.1. The van der Waals surface area contributed by atoms with E-state index >= 15 is 0 Å². The predicted octanol–water partition coefficient (Wildman–Crippen LogP) is 3.42. The molecule has 2 N–H and O–H groups in total. The van der Waals surface area contributed by atoms with E-state index in [1.165, 1.54) is 26.2 Å². The first-order valence-electron chi connectivity index (χ1n) is 8.62. The van der Waals surface area contributed by atoms with Gasteiger partial charge in [0.05, 0.1) is 12.8 Å². The molecule has 10 heteroatoms. The van der Waals surface area contributed by atoms with Crippen LogP contribution in [0.25, 0.3) is 6.08 Å². The van der Waals surface area contributed by atoms with E-state index in [2.05, 4.69) is 21.4 Å². The van der Waals surface area contributed by atoms with Gasteiger partial charge in [-0.2, -0.15) is 0 Å². The molecule has 8 nitrogen and oxygen atoms in total. The first-order chi connectivity index (χ1) is 14.2. The summed E-state index contributed by atoms with van der Waals surface area (Å²) < 4.78 is 11.0. The summed E-state index contributed by atoms with van der Waals surface area (Å²) in [7, 11) is 1.36. The van der Waals surface area contributed by atoms with Gasteiger partial charge in [0.1, 0.15) is 10.6 Å². The van der Waals surface area contributed by atoms with Gasteiger partial charge in [0.2, 0.25) is 0 Å². The molecule has 1 atom stereocenters. The second kappa shape index (κ2) is 8.76. The highest BCUT2D eigenvalue weighted by Gasteiger charge is 2.35. The number of halogens is 2. The highest BCUT2D eigenvalue weighted by atomic mass is 79.9. The lowest BCUT2D eigenvalue weighted by Crippen LogP contribution is -2.35. The highest BCUT2D eigenvalue weighted by molar-refractivity contribution is 9.10. The molecule has 0 radical (unpaired) electrons. The molecule has 0 aromatic heterocycles. The number of hydrogen-bond donors (Lipinski definition) is 2. The molecule has 0 aliphatic carbocycles. The third-order valence-electron chi connectivity index (χ3n) is 4.22. The molecular weight excluding hydrogens is 480 g/mol. The van der Waals surface area contributed by atoms with Gasteiger partial charge >= 0.3 is 5.97 Å². The number of carboxylic acids is 1. The predicted molar refractivity (Wildman–Crippen MR) is 113 cm³/mol. The molecule has 1 heterocycles. The molecule has 0 unspecified atom stereocenters. The van der Waals surface area contributed by atoms with E-state index in [-0.39, 0.29) is 22.1 Å². The van der Waals surface area contributed by atoms with Crippen LogP contribution < -0.4 is 19.9 Å². The number of methoxy groups -OCH3 is 1. The minimum absolute atomic E-state index is 0.0243. The molecule has 0 bridgehead atoms. The number of amides is 2. The first-order valence-corrected chi connectivity index (χ1v) is 9.79. The summed E-state index contributed by atoms with van der Waals surface area (Å²) in [6.45, 7) is 1.35. The molecule has 1 aliphatic heterocycles. The van der Waals surface area contributed by atoms with Crippen molar-refractivity contribution in [3.8, 4) is 11.5 Å². The summed E-state index contributed by atoms with van der Waals surface area (Å²) in [6, 6.07) is 10.1. The summed E-state index contributed by atoms with van der Waals surface area (Å²) in [5.41, 5.74) is 3.29. The largest absolute Gasteiger partial charge is 0.493 e. The van der Waals surface area contributed by atoms with E-state index in [1.54, 1.807) is 30.3 Å². The Labute approximate surface area is 185 Å². The van der Waals surface area contributed by atoms with E-state index in [0.717, 1.165) is 5.01 Å². The number of benzene rings is 2. The van der Waals surface area contributed by atoms with Gasteiger partial charge in [0.25, 0.3) is 11.8 Å². The van der Waals surface area contributed by atoms with Crippen molar-refractivity contribution in [2.24, 2.45) is 0 Å². The van der Waals surface area contributed by atoms with E-state index in [0.29, 0.717) is 15.7 Å². The third kappa shape index (κ3) is 4.12. The minimum atomic E-state index is -1.18. The standard InChI is InChI=1S/C20H16BrClN2O6/c1-10(20(27)28)30-17-14(29-2)9-11(15(21)16(17)22)8-13-18(25)23-24(19(13)26)12-6-4-3-5-7-12/h3-10H,1-2H3,(H,23,25)(H,27,28)/b13-8-/t10-/m1/s1. The van der Waals surface area contributed by atoms with Crippen LogP contribution in [-0.4, -0.2) is 36.1 Å². The van der Waals surface area contributed by atoms with Gasteiger partial charge in [0, 0.05) is 4.47 Å². The van der Waals surface area contributed by atoms with Crippen LogP contribution in [0.1, 0.15) is 12.5 Å². The maximum Gasteiger partial charge on any atom is 0.344 e. The Hall–Kier alpha value is -3.04. The van der Waals surface area contributed by atoms with Crippen LogP contribution in [0, 0.1) is 0 Å². The average Bonchev–Trinajstić information content (AvgIpc) is 3.01. The molecule has 2 amide bonds. The number of nitrogens with zero attached hydrogens (tertiary/aromatic N) is 1. The number of anilines is 1. The number of hydrogen-bond acceptors (Lipinski definition) is 5. The van der Waals surface area contributed by atoms with Crippen molar-refractivity contribution in [2.45, 2.75) is 13.0 Å². The van der Waals surface area contributed by atoms with E-state index in [4.69, 9.17) is 26.2 Å². The SMILES string of the molecule is COc1cc(/C=C2/C(=O)NN(c3ccccc3)C2=O)c(Br)c(Cl)c1O[C@H](C)C(=O)O. The third-order valence-corrected chi connectivity index (χ3v) is 5.67. The fourth-order valence-corrected chi connectivity index (χ4v) is 3.33. The lowest BCUT2D eigenvalue weighted by Gasteiger charge is -2.17. The maximum atomic E-state index is 12.8. The Morgan fingerprint density at radius 2 is 1.97 bits per heavy atom. The molecule has 0 saturated carbocycles. The monoisotopic (exact) mass is 494 g/mol. The number of carbonyl (C=O) groups is 3. The maximum absolute atomic E-state index is 12.8. The molecule has 3 rings (SSSR count). The zero-order chi connectivity index (χ0) is 22.0. The van der Waals surface area contributed by atoms with Crippen molar-refractivity contribution in [3.63, 3.8) is 0 Å². The Bertz CT molecular complexity index is 1060. The van der Waals surface area contributed by atoms with Crippen molar-refractivity contribution in [1.29, 1.82) is 0 Å². The second-order valence-corrected chi connectivity index (χ2v) is 7.37. The van der Waals surface area contributed by atoms with E-state index < -0.39 is 23.9 Å². The summed E-state index contributed by atoms with van der Waals surface area (Å²) in [5, 5.41) is 10.3. The zero-order valence-electron chi connectivity index (χ0n) is 15.8. The van der Waals surface area contributed by atoms with Crippen molar-refractivity contribution in [2.75, 3.05) is 12.1 Å². The molecule has 2 aromatic carbocycles. The topological polar surface area (TPSA) is 105 Å². The van der Waals surface area contributed by atoms with Gasteiger partial charge in [-0.1, -0.05) is 29.8 Å². The molecule has 30 heavy (non-hydrogen) atoms. The summed E-state index contributed by atoms with van der Waals surface area (Å²) in [5.74, 6) is -2.12. The van der Waals surface area contributed by atoms with Gasteiger partial charge in [-0.3, -0.25) is 15.0 Å². The van der Waals surface area contributed by atoms with Crippen molar-refractivity contribution in [3.05, 3.63) is 57.0 Å². The summed E-state index contributed by atoms with van der Waals surface area (Å²) >= 11 is 9.66. The molecule has 1 aliphatic rings. The van der Waals surface area contributed by atoms with Gasteiger partial charge in [0.15, 0.2) is 17.6 Å².